The summed E-state index contributed by atoms with van der Waals surface area (Å²) in [5.41, 5.74) is -0.373. The number of rotatable bonds is 5. The van der Waals surface area contributed by atoms with Crippen LogP contribution in [-0.2, 0) is 11.2 Å². The normalized spacial score (nSPS) is 16.5. The maximum Gasteiger partial charge on any atom is 0.256 e. The predicted molar refractivity (Wildman–Crippen MR) is 102 cm³/mol. The van der Waals surface area contributed by atoms with Crippen molar-refractivity contribution in [3.8, 4) is 6.07 Å². The molecule has 1 saturated carbocycles. The number of carbonyl (C=O) groups excluding carboxylic acids is 1. The average Bonchev–Trinajstić information content (AvgIpc) is 3.17. The lowest BCUT2D eigenvalue weighted by Gasteiger charge is -2.33. The number of aliphatic hydroxyl groups is 1. The molecule has 140 valence electrons. The van der Waals surface area contributed by atoms with Gasteiger partial charge in [-0.2, -0.15) is 5.26 Å². The van der Waals surface area contributed by atoms with E-state index in [2.05, 4.69) is 5.32 Å². The molecule has 0 bridgehead atoms. The molecule has 27 heavy (non-hydrogen) atoms. The Balaban J connectivity index is 1.87. The number of nitrogens with one attached hydrogen (secondary N) is 1. The number of amides is 1. The fourth-order valence-corrected chi connectivity index (χ4v) is 3.92. The van der Waals surface area contributed by atoms with Gasteiger partial charge in [-0.05, 0) is 54.7 Å². The number of halogens is 2. The Hall–Kier alpha value is -2.42. The van der Waals surface area contributed by atoms with Gasteiger partial charge in [0.1, 0.15) is 17.5 Å². The van der Waals surface area contributed by atoms with Gasteiger partial charge in [0.2, 0.25) is 0 Å². The standard InChI is InChI=1S/C21H20ClFN2O2/c22-19-11-18(9-8-15(19)13-24)25-20(26)21(27,16-5-1-2-6-16)12-14-4-3-7-17(23)10-14/h3-4,7-11,16,27H,1-2,5-6,12H2,(H,25,26). The van der Waals surface area contributed by atoms with Crippen LogP contribution in [0.5, 0.6) is 0 Å². The Morgan fingerprint density at radius 2 is 2.04 bits per heavy atom. The Kier molecular flexibility index (Phi) is 5.79. The van der Waals surface area contributed by atoms with Crippen molar-refractivity contribution >= 4 is 23.2 Å². The minimum absolute atomic E-state index is 0.0330. The molecule has 0 heterocycles. The first-order valence-electron chi connectivity index (χ1n) is 8.90. The SMILES string of the molecule is N#Cc1ccc(NC(=O)C(O)(Cc2cccc(F)c2)C2CCCC2)cc1Cl. The Morgan fingerprint density at radius 3 is 2.67 bits per heavy atom. The van der Waals surface area contributed by atoms with E-state index in [1.165, 1.54) is 24.3 Å². The van der Waals surface area contributed by atoms with Gasteiger partial charge in [-0.15, -0.1) is 0 Å². The minimum Gasteiger partial charge on any atom is -0.379 e. The molecule has 1 fully saturated rings. The molecule has 1 amide bonds. The third kappa shape index (κ3) is 4.29. The van der Waals surface area contributed by atoms with Crippen molar-refractivity contribution in [2.24, 2.45) is 5.92 Å². The second-order valence-electron chi connectivity index (χ2n) is 6.97. The van der Waals surface area contributed by atoms with Gasteiger partial charge in [-0.25, -0.2) is 4.39 Å². The van der Waals surface area contributed by atoms with Crippen molar-refractivity contribution in [3.05, 3.63) is 64.4 Å². The van der Waals surface area contributed by atoms with Crippen LogP contribution >= 0.6 is 11.6 Å². The molecule has 3 rings (SSSR count). The molecule has 0 aromatic heterocycles. The Labute approximate surface area is 162 Å². The van der Waals surface area contributed by atoms with Gasteiger partial charge in [0.15, 0.2) is 0 Å². The molecule has 0 radical (unpaired) electrons. The molecule has 2 aromatic carbocycles. The smallest absolute Gasteiger partial charge is 0.256 e. The summed E-state index contributed by atoms with van der Waals surface area (Å²) < 4.78 is 13.6. The summed E-state index contributed by atoms with van der Waals surface area (Å²) in [7, 11) is 0. The number of hydrogen-bond acceptors (Lipinski definition) is 3. The van der Waals surface area contributed by atoms with Crippen molar-refractivity contribution < 1.29 is 14.3 Å². The summed E-state index contributed by atoms with van der Waals surface area (Å²) in [4.78, 5) is 13.0. The molecule has 4 nitrogen and oxygen atoms in total. The third-order valence-corrected chi connectivity index (χ3v) is 5.45. The quantitative estimate of drug-likeness (QED) is 0.797. The van der Waals surface area contributed by atoms with E-state index in [4.69, 9.17) is 16.9 Å². The van der Waals surface area contributed by atoms with E-state index in [9.17, 15) is 14.3 Å². The second kappa shape index (κ2) is 8.08. The fraction of sp³-hybridized carbons (Fsp3) is 0.333. The van der Waals surface area contributed by atoms with Crippen LogP contribution in [0.15, 0.2) is 42.5 Å². The van der Waals surface area contributed by atoms with Crippen LogP contribution in [0.3, 0.4) is 0 Å². The van der Waals surface area contributed by atoms with Crippen molar-refractivity contribution in [1.29, 1.82) is 5.26 Å². The molecule has 2 N–H and O–H groups in total. The number of carbonyl (C=O) groups is 1. The van der Waals surface area contributed by atoms with E-state index >= 15 is 0 Å². The number of nitriles is 1. The van der Waals surface area contributed by atoms with Crippen molar-refractivity contribution in [3.63, 3.8) is 0 Å². The van der Waals surface area contributed by atoms with Gasteiger partial charge in [-0.1, -0.05) is 36.6 Å². The van der Waals surface area contributed by atoms with Crippen LogP contribution < -0.4 is 5.32 Å². The van der Waals surface area contributed by atoms with Gasteiger partial charge in [0.05, 0.1) is 10.6 Å². The average molecular weight is 387 g/mol. The molecule has 1 aliphatic rings. The van der Waals surface area contributed by atoms with Gasteiger partial charge >= 0.3 is 0 Å². The summed E-state index contributed by atoms with van der Waals surface area (Å²) in [6, 6.07) is 12.5. The monoisotopic (exact) mass is 386 g/mol. The van der Waals surface area contributed by atoms with E-state index in [0.717, 1.165) is 25.7 Å². The summed E-state index contributed by atoms with van der Waals surface area (Å²) in [5.74, 6) is -1.14. The van der Waals surface area contributed by atoms with E-state index in [1.54, 1.807) is 18.2 Å². The highest BCUT2D eigenvalue weighted by molar-refractivity contribution is 6.32. The van der Waals surface area contributed by atoms with Crippen molar-refractivity contribution in [2.75, 3.05) is 5.32 Å². The molecule has 2 aromatic rings. The third-order valence-electron chi connectivity index (χ3n) is 5.13. The number of anilines is 1. The van der Waals surface area contributed by atoms with E-state index in [-0.39, 0.29) is 17.4 Å². The maximum atomic E-state index is 13.6. The van der Waals surface area contributed by atoms with Crippen LogP contribution in [0.2, 0.25) is 5.02 Å². The molecule has 1 aliphatic carbocycles. The van der Waals surface area contributed by atoms with Crippen LogP contribution in [-0.4, -0.2) is 16.6 Å². The molecule has 0 aliphatic heterocycles. The van der Waals surface area contributed by atoms with E-state index in [0.29, 0.717) is 16.8 Å². The van der Waals surface area contributed by atoms with Gasteiger partial charge < -0.3 is 10.4 Å². The van der Waals surface area contributed by atoms with Gasteiger partial charge in [0.25, 0.3) is 5.91 Å². The first-order chi connectivity index (χ1) is 12.9. The highest BCUT2D eigenvalue weighted by Gasteiger charge is 2.45. The van der Waals surface area contributed by atoms with Gasteiger partial charge in [0, 0.05) is 12.1 Å². The number of benzene rings is 2. The zero-order chi connectivity index (χ0) is 19.4. The summed E-state index contributed by atoms with van der Waals surface area (Å²) in [5, 5.41) is 23.2. The molecule has 0 spiro atoms. The van der Waals surface area contributed by atoms with E-state index in [1.807, 2.05) is 6.07 Å². The lowest BCUT2D eigenvalue weighted by molar-refractivity contribution is -0.139. The molecule has 6 heteroatoms. The van der Waals surface area contributed by atoms with Crippen LogP contribution in [0.25, 0.3) is 0 Å². The summed E-state index contributed by atoms with van der Waals surface area (Å²) in [6.07, 6.45) is 3.42. The van der Waals surface area contributed by atoms with Crippen LogP contribution in [0.1, 0.15) is 36.8 Å². The van der Waals surface area contributed by atoms with Crippen LogP contribution in [0.4, 0.5) is 10.1 Å². The van der Waals surface area contributed by atoms with Crippen molar-refractivity contribution in [1.82, 2.24) is 0 Å². The molecule has 1 atom stereocenters. The first-order valence-corrected chi connectivity index (χ1v) is 9.28. The number of nitrogens with zero attached hydrogens (tertiary/aromatic N) is 1. The molecular formula is C21H20ClFN2O2. The summed E-state index contributed by atoms with van der Waals surface area (Å²) in [6.45, 7) is 0. The number of hydrogen-bond donors (Lipinski definition) is 2. The zero-order valence-electron chi connectivity index (χ0n) is 14.7. The largest absolute Gasteiger partial charge is 0.379 e. The Bertz CT molecular complexity index is 890. The minimum atomic E-state index is -1.65. The predicted octanol–water partition coefficient (Wildman–Crippen LogP) is 4.45. The molecule has 1 unspecified atom stereocenters. The van der Waals surface area contributed by atoms with E-state index < -0.39 is 17.3 Å². The molecule has 0 saturated heterocycles. The zero-order valence-corrected chi connectivity index (χ0v) is 15.5. The topological polar surface area (TPSA) is 73.1 Å². The lowest BCUT2D eigenvalue weighted by Crippen LogP contribution is -2.50. The highest BCUT2D eigenvalue weighted by Crippen LogP contribution is 2.37. The fourth-order valence-electron chi connectivity index (χ4n) is 3.69. The molecular weight excluding hydrogens is 367 g/mol. The van der Waals surface area contributed by atoms with Crippen LogP contribution in [0, 0.1) is 23.1 Å². The second-order valence-corrected chi connectivity index (χ2v) is 7.38. The highest BCUT2D eigenvalue weighted by atomic mass is 35.5. The maximum absolute atomic E-state index is 13.6. The van der Waals surface area contributed by atoms with Crippen molar-refractivity contribution in [2.45, 2.75) is 37.7 Å². The Morgan fingerprint density at radius 1 is 1.30 bits per heavy atom. The summed E-state index contributed by atoms with van der Waals surface area (Å²) >= 11 is 6.02. The first kappa shape index (κ1) is 19.3. The van der Waals surface area contributed by atoms with Gasteiger partial charge in [-0.3, -0.25) is 4.79 Å². The lowest BCUT2D eigenvalue weighted by atomic mass is 9.80.